The summed E-state index contributed by atoms with van der Waals surface area (Å²) in [6.07, 6.45) is 6.05. The van der Waals surface area contributed by atoms with Crippen molar-refractivity contribution in [3.63, 3.8) is 0 Å². The number of aryl methyl sites for hydroxylation is 1. The molecule has 3 rings (SSSR count). The Bertz CT molecular complexity index is 1330. The van der Waals surface area contributed by atoms with Crippen molar-refractivity contribution in [3.8, 4) is 5.75 Å². The summed E-state index contributed by atoms with van der Waals surface area (Å²) >= 11 is 0. The fourth-order valence-electron chi connectivity index (χ4n) is 6.06. The van der Waals surface area contributed by atoms with Crippen LogP contribution in [0, 0.1) is 30.6 Å². The molecule has 5 nitrogen and oxygen atoms in total. The van der Waals surface area contributed by atoms with E-state index in [1.807, 2.05) is 45.2 Å². The van der Waals surface area contributed by atoms with Crippen LogP contribution in [0.15, 0.2) is 36.6 Å². The quantitative estimate of drug-likeness (QED) is 0.279. The maximum absolute atomic E-state index is 13.7. The Labute approximate surface area is 229 Å². The maximum atomic E-state index is 13.7. The number of anilines is 1. The van der Waals surface area contributed by atoms with Crippen LogP contribution in [-0.4, -0.2) is 31.6 Å². The van der Waals surface area contributed by atoms with E-state index in [9.17, 15) is 4.79 Å². The number of benzene rings is 1. The topological polar surface area (TPSA) is 43.7 Å². The van der Waals surface area contributed by atoms with E-state index >= 15 is 0 Å². The summed E-state index contributed by atoms with van der Waals surface area (Å²) in [5, 5.41) is 1.94. The smallest absolute Gasteiger partial charge is 0.166 e. The predicted molar refractivity (Wildman–Crippen MR) is 160 cm³/mol. The van der Waals surface area contributed by atoms with Crippen molar-refractivity contribution in [1.82, 2.24) is 4.57 Å². The fourth-order valence-corrected chi connectivity index (χ4v) is 6.06. The first-order valence-corrected chi connectivity index (χ1v) is 13.8. The summed E-state index contributed by atoms with van der Waals surface area (Å²) in [7, 11) is 5.32. The standard InChI is InChI=1S/C33H46N2O3/c1-12-26-17-29(23(6)22(26)5)33(36)28-16-20(3)32(31(19-28)38-11)34(9)25(8)30-18-27(15-14-21(4)37-10)24(7)35(30)13-2/h14-16,18-19,22-23,26,29H,7-8,12-13,17H2,1-6,9-11H3/b21-14+,27-15-/t22-,23+,26+,29?/m1/s1. The molecule has 38 heavy (non-hydrogen) atoms. The molecule has 0 spiro atoms. The van der Waals surface area contributed by atoms with E-state index in [1.54, 1.807) is 14.2 Å². The minimum Gasteiger partial charge on any atom is -0.501 e. The van der Waals surface area contributed by atoms with Crippen molar-refractivity contribution in [2.75, 3.05) is 26.2 Å². The second kappa shape index (κ2) is 12.1. The van der Waals surface area contributed by atoms with E-state index < -0.39 is 0 Å². The number of hydrogen-bond donors (Lipinski definition) is 0. The van der Waals surface area contributed by atoms with Crippen LogP contribution in [0.2, 0.25) is 0 Å². The van der Waals surface area contributed by atoms with Crippen molar-refractivity contribution in [1.29, 1.82) is 0 Å². The normalized spacial score (nSPS) is 22.0. The highest BCUT2D eigenvalue weighted by atomic mass is 16.5. The van der Waals surface area contributed by atoms with E-state index in [0.717, 1.165) is 63.9 Å². The first-order chi connectivity index (χ1) is 18.0. The van der Waals surface area contributed by atoms with Gasteiger partial charge in [-0.25, -0.2) is 0 Å². The lowest BCUT2D eigenvalue weighted by molar-refractivity contribution is 0.0888. The number of aromatic nitrogens is 1. The second-order valence-corrected chi connectivity index (χ2v) is 10.8. The molecule has 206 valence electrons. The Hall–Kier alpha value is -3.21. The molecule has 0 amide bonds. The zero-order valence-electron chi connectivity index (χ0n) is 24.9. The van der Waals surface area contributed by atoms with Gasteiger partial charge >= 0.3 is 0 Å². The molecule has 1 saturated carbocycles. The van der Waals surface area contributed by atoms with Crippen LogP contribution in [0.4, 0.5) is 5.69 Å². The summed E-state index contributed by atoms with van der Waals surface area (Å²) in [6, 6.07) is 6.04. The number of allylic oxidation sites excluding steroid dienone is 2. The molecular formula is C33H46N2O3. The first-order valence-electron chi connectivity index (χ1n) is 13.8. The molecule has 1 fully saturated rings. The minimum atomic E-state index is 0.0615. The van der Waals surface area contributed by atoms with Crippen LogP contribution in [0.3, 0.4) is 0 Å². The number of ketones is 1. The van der Waals surface area contributed by atoms with Gasteiger partial charge in [0.25, 0.3) is 0 Å². The first kappa shape index (κ1) is 29.3. The lowest BCUT2D eigenvalue weighted by Gasteiger charge is -2.27. The van der Waals surface area contributed by atoms with E-state index in [4.69, 9.17) is 9.47 Å². The SMILES string of the molecule is C=C(c1c/c(=C/C=C(\C)OC)c(=C)n1CC)N(C)c1c(C)cc(C(=O)C2C[C@H](CC)[C@H](C)[C@@H]2C)cc1OC. The highest BCUT2D eigenvalue weighted by Gasteiger charge is 2.41. The number of hydrogen-bond acceptors (Lipinski definition) is 4. The van der Waals surface area contributed by atoms with Gasteiger partial charge in [0.05, 0.1) is 37.1 Å². The summed E-state index contributed by atoms with van der Waals surface area (Å²) in [5.41, 5.74) is 4.43. The van der Waals surface area contributed by atoms with Gasteiger partial charge in [-0.15, -0.1) is 0 Å². The molecule has 4 atom stereocenters. The molecule has 0 bridgehead atoms. The number of carbonyl (C=O) groups excluding carboxylic acids is 1. The third-order valence-corrected chi connectivity index (χ3v) is 8.81. The van der Waals surface area contributed by atoms with E-state index in [2.05, 4.69) is 56.4 Å². The van der Waals surface area contributed by atoms with Gasteiger partial charge < -0.3 is 18.9 Å². The van der Waals surface area contributed by atoms with Gasteiger partial charge in [0.1, 0.15) is 5.75 Å². The number of nitrogens with zero attached hydrogens (tertiary/aromatic N) is 2. The second-order valence-electron chi connectivity index (χ2n) is 10.8. The van der Waals surface area contributed by atoms with Crippen LogP contribution < -0.4 is 20.2 Å². The van der Waals surface area contributed by atoms with Gasteiger partial charge in [-0.2, -0.15) is 0 Å². The summed E-state index contributed by atoms with van der Waals surface area (Å²) in [4.78, 5) is 15.7. The Morgan fingerprint density at radius 2 is 1.87 bits per heavy atom. The molecule has 1 aliphatic rings. The Balaban J connectivity index is 2.00. The van der Waals surface area contributed by atoms with E-state index in [0.29, 0.717) is 23.5 Å². The third kappa shape index (κ3) is 5.48. The number of rotatable bonds is 10. The van der Waals surface area contributed by atoms with Crippen molar-refractivity contribution >= 4 is 29.8 Å². The molecule has 2 aromatic rings. The van der Waals surface area contributed by atoms with Crippen LogP contribution in [-0.2, 0) is 11.3 Å². The zero-order valence-corrected chi connectivity index (χ0v) is 24.9. The fraction of sp³-hybridized carbons (Fsp3) is 0.485. The maximum Gasteiger partial charge on any atom is 0.166 e. The zero-order chi connectivity index (χ0) is 28.3. The molecule has 0 aliphatic heterocycles. The molecule has 1 aromatic heterocycles. The van der Waals surface area contributed by atoms with Crippen molar-refractivity contribution < 1.29 is 14.3 Å². The molecule has 0 saturated heterocycles. The van der Waals surface area contributed by atoms with Crippen LogP contribution in [0.1, 0.15) is 69.1 Å². The molecule has 1 unspecified atom stereocenters. The van der Waals surface area contributed by atoms with Crippen molar-refractivity contribution in [2.45, 2.75) is 60.9 Å². The highest BCUT2D eigenvalue weighted by Crippen LogP contribution is 2.45. The molecule has 0 N–H and O–H groups in total. The number of methoxy groups -OCH3 is 2. The Morgan fingerprint density at radius 3 is 2.42 bits per heavy atom. The van der Waals surface area contributed by atoms with Gasteiger partial charge in [0.15, 0.2) is 5.78 Å². The van der Waals surface area contributed by atoms with Crippen LogP contribution in [0.25, 0.3) is 18.4 Å². The molecule has 1 heterocycles. The van der Waals surface area contributed by atoms with Gasteiger partial charge in [0, 0.05) is 30.4 Å². The van der Waals surface area contributed by atoms with E-state index in [1.165, 1.54) is 0 Å². The predicted octanol–water partition coefficient (Wildman–Crippen LogP) is 6.17. The molecule has 5 heteroatoms. The lowest BCUT2D eigenvalue weighted by atomic mass is 9.85. The Kier molecular flexibility index (Phi) is 9.35. The molecule has 0 radical (unpaired) electrons. The van der Waals surface area contributed by atoms with Crippen molar-refractivity contribution in [3.05, 3.63) is 64.0 Å². The van der Waals surface area contributed by atoms with Gasteiger partial charge in [0.2, 0.25) is 0 Å². The number of ether oxygens (including phenoxy) is 2. The van der Waals surface area contributed by atoms with Gasteiger partial charge in [-0.05, 0) is 86.1 Å². The molecular weight excluding hydrogens is 472 g/mol. The number of Topliss-reactive ketones (excluding diaryl/α,β-unsaturated/α-hetero) is 1. The third-order valence-electron chi connectivity index (χ3n) is 8.81. The highest BCUT2D eigenvalue weighted by molar-refractivity contribution is 6.00. The van der Waals surface area contributed by atoms with Gasteiger partial charge in [-0.1, -0.05) is 40.3 Å². The van der Waals surface area contributed by atoms with Crippen LogP contribution in [0.5, 0.6) is 5.75 Å². The van der Waals surface area contributed by atoms with E-state index in [-0.39, 0.29) is 11.7 Å². The minimum absolute atomic E-state index is 0.0615. The summed E-state index contributed by atoms with van der Waals surface area (Å²) < 4.78 is 13.3. The average Bonchev–Trinajstić information content (AvgIpc) is 3.39. The molecule has 1 aliphatic carbocycles. The monoisotopic (exact) mass is 518 g/mol. The Morgan fingerprint density at radius 1 is 1.18 bits per heavy atom. The molecule has 1 aromatic carbocycles. The summed E-state index contributed by atoms with van der Waals surface area (Å²) in [6.45, 7) is 22.4. The summed E-state index contributed by atoms with van der Waals surface area (Å²) in [5.74, 6) is 3.36. The van der Waals surface area contributed by atoms with Crippen molar-refractivity contribution in [2.24, 2.45) is 23.7 Å². The largest absolute Gasteiger partial charge is 0.501 e. The average molecular weight is 519 g/mol. The van der Waals surface area contributed by atoms with Crippen LogP contribution >= 0.6 is 0 Å². The lowest BCUT2D eigenvalue weighted by Crippen LogP contribution is -2.28. The number of carbonyl (C=O) groups is 1. The van der Waals surface area contributed by atoms with Gasteiger partial charge in [-0.3, -0.25) is 4.79 Å².